The van der Waals surface area contributed by atoms with E-state index < -0.39 is 0 Å². The Labute approximate surface area is 123 Å². The van der Waals surface area contributed by atoms with Crippen LogP contribution in [0.2, 0.25) is 0 Å². The van der Waals surface area contributed by atoms with Gasteiger partial charge in [0.15, 0.2) is 0 Å². The fourth-order valence-electron chi connectivity index (χ4n) is 2.57. The SMILES string of the molecule is C[C@H](Nc1[nH+]cccc1C#N)c1cccc2ccccc12. The Hall–Kier alpha value is -2.86. The third kappa shape index (κ3) is 2.56. The maximum Gasteiger partial charge on any atom is 0.290 e. The highest BCUT2D eigenvalue weighted by Gasteiger charge is 2.16. The molecule has 3 aromatic rings. The minimum atomic E-state index is 0.0989. The first-order valence-electron chi connectivity index (χ1n) is 6.94. The predicted molar refractivity (Wildman–Crippen MR) is 83.7 cm³/mol. The zero-order valence-electron chi connectivity index (χ0n) is 11.8. The van der Waals surface area contributed by atoms with E-state index in [1.54, 1.807) is 6.07 Å². The molecule has 0 aliphatic rings. The number of nitrogens with one attached hydrogen (secondary N) is 2. The average molecular weight is 274 g/mol. The third-order valence-electron chi connectivity index (χ3n) is 3.63. The summed E-state index contributed by atoms with van der Waals surface area (Å²) in [5.41, 5.74) is 1.83. The Bertz CT molecular complexity index is 813. The molecule has 0 saturated heterocycles. The lowest BCUT2D eigenvalue weighted by atomic mass is 9.99. The Morgan fingerprint density at radius 2 is 1.86 bits per heavy atom. The van der Waals surface area contributed by atoms with Gasteiger partial charge >= 0.3 is 0 Å². The van der Waals surface area contributed by atoms with Gasteiger partial charge in [0.2, 0.25) is 0 Å². The lowest BCUT2D eigenvalue weighted by Gasteiger charge is -2.12. The Morgan fingerprint density at radius 3 is 2.71 bits per heavy atom. The summed E-state index contributed by atoms with van der Waals surface area (Å²) in [4.78, 5) is 3.10. The molecular weight excluding hydrogens is 258 g/mol. The van der Waals surface area contributed by atoms with E-state index in [2.05, 4.69) is 53.6 Å². The van der Waals surface area contributed by atoms with E-state index in [1.165, 1.54) is 16.3 Å². The van der Waals surface area contributed by atoms with E-state index in [0.717, 1.165) is 5.82 Å². The van der Waals surface area contributed by atoms with Gasteiger partial charge in [-0.25, -0.2) is 4.98 Å². The summed E-state index contributed by atoms with van der Waals surface area (Å²) in [7, 11) is 0. The second kappa shape index (κ2) is 5.64. The van der Waals surface area contributed by atoms with Crippen molar-refractivity contribution < 1.29 is 4.98 Å². The van der Waals surface area contributed by atoms with Crippen LogP contribution in [0.4, 0.5) is 5.82 Å². The number of nitrogens with zero attached hydrogens (tertiary/aromatic N) is 1. The summed E-state index contributed by atoms with van der Waals surface area (Å²) in [6, 6.07) is 20.6. The van der Waals surface area contributed by atoms with E-state index in [1.807, 2.05) is 24.4 Å². The van der Waals surface area contributed by atoms with Crippen LogP contribution in [0.25, 0.3) is 10.8 Å². The molecular formula is C18H16N3+. The predicted octanol–water partition coefficient (Wildman–Crippen LogP) is 3.70. The quantitative estimate of drug-likeness (QED) is 0.791. The number of nitriles is 1. The van der Waals surface area contributed by atoms with Crippen LogP contribution in [0.15, 0.2) is 60.8 Å². The van der Waals surface area contributed by atoms with E-state index in [4.69, 9.17) is 5.26 Å². The number of H-pyrrole nitrogens is 1. The molecule has 3 rings (SSSR count). The van der Waals surface area contributed by atoms with E-state index in [9.17, 15) is 0 Å². The first kappa shape index (κ1) is 13.1. The summed E-state index contributed by atoms with van der Waals surface area (Å²) in [6.07, 6.45) is 1.82. The number of pyridine rings is 1. The molecule has 3 nitrogen and oxygen atoms in total. The molecule has 0 aliphatic carbocycles. The highest BCUT2D eigenvalue weighted by molar-refractivity contribution is 5.86. The second-order valence-electron chi connectivity index (χ2n) is 5.01. The first-order valence-corrected chi connectivity index (χ1v) is 6.94. The molecule has 0 fully saturated rings. The van der Waals surface area contributed by atoms with Crippen molar-refractivity contribution in [2.45, 2.75) is 13.0 Å². The van der Waals surface area contributed by atoms with E-state index in [0.29, 0.717) is 5.56 Å². The molecule has 0 bridgehead atoms. The van der Waals surface area contributed by atoms with Crippen LogP contribution in [0.1, 0.15) is 24.1 Å². The van der Waals surface area contributed by atoms with Crippen molar-refractivity contribution in [3.8, 4) is 6.07 Å². The molecule has 1 atom stereocenters. The summed E-state index contributed by atoms with van der Waals surface area (Å²) in [6.45, 7) is 2.10. The maximum atomic E-state index is 9.16. The molecule has 0 spiro atoms. The van der Waals surface area contributed by atoms with Gasteiger partial charge in [0, 0.05) is 5.56 Å². The molecule has 0 unspecified atom stereocenters. The minimum Gasteiger partial charge on any atom is -0.267 e. The largest absolute Gasteiger partial charge is 0.290 e. The monoisotopic (exact) mass is 274 g/mol. The molecule has 1 heterocycles. The highest BCUT2D eigenvalue weighted by Crippen LogP contribution is 2.26. The Kier molecular flexibility index (Phi) is 3.53. The van der Waals surface area contributed by atoms with Gasteiger partial charge in [0.05, 0.1) is 6.20 Å². The van der Waals surface area contributed by atoms with Gasteiger partial charge in [0.25, 0.3) is 5.82 Å². The van der Waals surface area contributed by atoms with Crippen LogP contribution >= 0.6 is 0 Å². The number of hydrogen-bond donors (Lipinski definition) is 1. The van der Waals surface area contributed by atoms with Gasteiger partial charge < -0.3 is 0 Å². The van der Waals surface area contributed by atoms with Crippen LogP contribution in [-0.2, 0) is 0 Å². The molecule has 0 radical (unpaired) electrons. The van der Waals surface area contributed by atoms with Crippen LogP contribution in [0.5, 0.6) is 0 Å². The van der Waals surface area contributed by atoms with Crippen molar-refractivity contribution in [3.05, 3.63) is 71.9 Å². The Morgan fingerprint density at radius 1 is 1.05 bits per heavy atom. The molecule has 3 heteroatoms. The average Bonchev–Trinajstić information content (AvgIpc) is 2.54. The van der Waals surface area contributed by atoms with E-state index >= 15 is 0 Å². The standard InChI is InChI=1S/C18H15N3/c1-13(21-18-15(12-19)8-5-11-20-18)16-10-4-7-14-6-2-3-9-17(14)16/h2-11,13H,1H3,(H,20,21)/p+1/t13-/m0/s1. The number of aromatic nitrogens is 1. The third-order valence-corrected chi connectivity index (χ3v) is 3.63. The number of anilines is 1. The lowest BCUT2D eigenvalue weighted by molar-refractivity contribution is -0.361. The smallest absolute Gasteiger partial charge is 0.267 e. The molecule has 0 saturated carbocycles. The van der Waals surface area contributed by atoms with Gasteiger partial charge in [0.1, 0.15) is 17.7 Å². The van der Waals surface area contributed by atoms with Crippen LogP contribution in [-0.4, -0.2) is 0 Å². The highest BCUT2D eigenvalue weighted by atomic mass is 15.0. The van der Waals surface area contributed by atoms with Crippen LogP contribution in [0.3, 0.4) is 0 Å². The topological polar surface area (TPSA) is 50.0 Å². The van der Waals surface area contributed by atoms with Crippen LogP contribution < -0.4 is 10.3 Å². The normalized spacial score (nSPS) is 11.8. The molecule has 2 aromatic carbocycles. The van der Waals surface area contributed by atoms with E-state index in [-0.39, 0.29) is 6.04 Å². The molecule has 1 aromatic heterocycles. The second-order valence-corrected chi connectivity index (χ2v) is 5.01. The van der Waals surface area contributed by atoms with Crippen molar-refractivity contribution in [1.82, 2.24) is 0 Å². The first-order chi connectivity index (χ1) is 10.3. The van der Waals surface area contributed by atoms with Crippen molar-refractivity contribution in [2.75, 3.05) is 5.32 Å². The van der Waals surface area contributed by atoms with Crippen molar-refractivity contribution in [1.29, 1.82) is 5.26 Å². The molecule has 2 N–H and O–H groups in total. The van der Waals surface area contributed by atoms with Gasteiger partial charge in [-0.2, -0.15) is 5.26 Å². The maximum absolute atomic E-state index is 9.16. The minimum absolute atomic E-state index is 0.0989. The number of fused-ring (bicyclic) bond motifs is 1. The van der Waals surface area contributed by atoms with Crippen molar-refractivity contribution in [3.63, 3.8) is 0 Å². The summed E-state index contributed by atoms with van der Waals surface area (Å²) < 4.78 is 0. The molecule has 0 amide bonds. The number of hydrogen-bond acceptors (Lipinski definition) is 2. The molecule has 0 aliphatic heterocycles. The lowest BCUT2D eigenvalue weighted by Crippen LogP contribution is -2.17. The molecule has 21 heavy (non-hydrogen) atoms. The zero-order valence-corrected chi connectivity index (χ0v) is 11.8. The number of rotatable bonds is 3. The fraction of sp³-hybridized carbons (Fsp3) is 0.111. The van der Waals surface area contributed by atoms with Crippen molar-refractivity contribution in [2.24, 2.45) is 0 Å². The van der Waals surface area contributed by atoms with Crippen molar-refractivity contribution >= 4 is 16.6 Å². The van der Waals surface area contributed by atoms with Crippen LogP contribution in [0, 0.1) is 11.3 Å². The summed E-state index contributed by atoms with van der Waals surface area (Å²) in [5.74, 6) is 0.750. The van der Waals surface area contributed by atoms with Gasteiger partial charge in [-0.05, 0) is 29.8 Å². The summed E-state index contributed by atoms with van der Waals surface area (Å²) >= 11 is 0. The summed E-state index contributed by atoms with van der Waals surface area (Å²) in [5, 5.41) is 15.0. The number of aromatic amines is 1. The van der Waals surface area contributed by atoms with Gasteiger partial charge in [-0.15, -0.1) is 0 Å². The zero-order chi connectivity index (χ0) is 14.7. The fourth-order valence-corrected chi connectivity index (χ4v) is 2.57. The van der Waals surface area contributed by atoms with Gasteiger partial charge in [-0.3, -0.25) is 5.32 Å². The number of benzene rings is 2. The molecule has 102 valence electrons. The Balaban J connectivity index is 1.98. The van der Waals surface area contributed by atoms with Gasteiger partial charge in [-0.1, -0.05) is 42.5 Å².